The summed E-state index contributed by atoms with van der Waals surface area (Å²) in [6, 6.07) is 29.9. The zero-order valence-corrected chi connectivity index (χ0v) is 17.5. The Bertz CT molecular complexity index is 1240. The number of hydrogen-bond donors (Lipinski definition) is 0. The van der Waals surface area contributed by atoms with Crippen molar-refractivity contribution in [1.29, 1.82) is 0 Å². The van der Waals surface area contributed by atoms with E-state index >= 15 is 0 Å². The number of rotatable bonds is 5. The third-order valence-electron chi connectivity index (χ3n) is 5.00. The van der Waals surface area contributed by atoms with Crippen molar-refractivity contribution in [3.8, 4) is 0 Å². The molecule has 0 aliphatic carbocycles. The lowest BCUT2D eigenvalue weighted by Crippen LogP contribution is -2.35. The molecule has 2 amide bonds. The van der Waals surface area contributed by atoms with Gasteiger partial charge in [-0.2, -0.15) is 0 Å². The van der Waals surface area contributed by atoms with E-state index in [2.05, 4.69) is 0 Å². The molecule has 0 aliphatic heterocycles. The minimum Gasteiger partial charge on any atom is -0.270 e. The molecule has 0 fully saturated rings. The minimum absolute atomic E-state index is 0.187. The van der Waals surface area contributed by atoms with Crippen LogP contribution in [0.4, 0.5) is 0 Å². The summed E-state index contributed by atoms with van der Waals surface area (Å²) in [5.74, 6) is -0.705. The van der Waals surface area contributed by atoms with E-state index in [1.807, 2.05) is 78.9 Å². The van der Waals surface area contributed by atoms with Crippen LogP contribution in [0.15, 0.2) is 103 Å². The van der Waals surface area contributed by atoms with Gasteiger partial charge in [-0.15, -0.1) is 0 Å². The number of halogens is 1. The fourth-order valence-corrected chi connectivity index (χ4v) is 3.53. The molecule has 31 heavy (non-hydrogen) atoms. The maximum Gasteiger partial charge on any atom is 0.261 e. The number of imide groups is 1. The van der Waals surface area contributed by atoms with Gasteiger partial charge < -0.3 is 0 Å². The molecule has 0 N–H and O–H groups in total. The van der Waals surface area contributed by atoms with Gasteiger partial charge in [0, 0.05) is 16.7 Å². The average molecular weight is 426 g/mol. The molecule has 0 bridgehead atoms. The van der Waals surface area contributed by atoms with Crippen LogP contribution >= 0.6 is 11.6 Å². The van der Waals surface area contributed by atoms with Crippen molar-refractivity contribution in [3.05, 3.63) is 125 Å². The van der Waals surface area contributed by atoms with E-state index < -0.39 is 0 Å². The van der Waals surface area contributed by atoms with Gasteiger partial charge in [-0.05, 0) is 46.2 Å². The molecule has 0 saturated carbocycles. The number of nitrogens with zero attached hydrogens (tertiary/aromatic N) is 1. The predicted octanol–water partition coefficient (Wildman–Crippen LogP) is 6.38. The van der Waals surface area contributed by atoms with E-state index in [-0.39, 0.29) is 18.4 Å². The van der Waals surface area contributed by atoms with Crippen molar-refractivity contribution in [2.45, 2.75) is 6.54 Å². The van der Waals surface area contributed by atoms with Gasteiger partial charge in [0.05, 0.1) is 6.54 Å². The Morgan fingerprint density at radius 1 is 0.774 bits per heavy atom. The summed E-state index contributed by atoms with van der Waals surface area (Å²) in [5.41, 5.74) is 2.21. The lowest BCUT2D eigenvalue weighted by Gasteiger charge is -2.20. The topological polar surface area (TPSA) is 37.4 Å². The fraction of sp³-hybridized carbons (Fsp3) is 0.0370. The molecule has 3 nitrogen and oxygen atoms in total. The van der Waals surface area contributed by atoms with E-state index in [1.165, 1.54) is 11.0 Å². The van der Waals surface area contributed by atoms with Gasteiger partial charge in [0.25, 0.3) is 11.8 Å². The highest BCUT2D eigenvalue weighted by Crippen LogP contribution is 2.21. The van der Waals surface area contributed by atoms with Gasteiger partial charge in [0.15, 0.2) is 0 Å². The maximum absolute atomic E-state index is 13.5. The Labute approximate surface area is 186 Å². The first-order valence-corrected chi connectivity index (χ1v) is 10.3. The second kappa shape index (κ2) is 9.41. The normalized spacial score (nSPS) is 11.0. The minimum atomic E-state index is -0.378. The molecule has 4 heteroatoms. The molecule has 0 atom stereocenters. The number of fused-ring (bicyclic) bond motifs is 1. The first-order valence-electron chi connectivity index (χ1n) is 9.93. The van der Waals surface area contributed by atoms with Crippen molar-refractivity contribution in [2.75, 3.05) is 0 Å². The number of carbonyl (C=O) groups is 2. The molecular formula is C27H20ClNO2. The van der Waals surface area contributed by atoms with Gasteiger partial charge in [-0.25, -0.2) is 0 Å². The van der Waals surface area contributed by atoms with Crippen molar-refractivity contribution < 1.29 is 9.59 Å². The van der Waals surface area contributed by atoms with Crippen LogP contribution < -0.4 is 0 Å². The van der Waals surface area contributed by atoms with Gasteiger partial charge in [0.1, 0.15) is 0 Å². The van der Waals surface area contributed by atoms with E-state index in [1.54, 1.807) is 24.3 Å². The largest absolute Gasteiger partial charge is 0.270 e. The van der Waals surface area contributed by atoms with Gasteiger partial charge in [-0.3, -0.25) is 14.5 Å². The Kier molecular flexibility index (Phi) is 6.25. The third-order valence-corrected chi connectivity index (χ3v) is 5.26. The molecule has 0 unspecified atom stereocenters. The maximum atomic E-state index is 13.5. The molecule has 0 heterocycles. The van der Waals surface area contributed by atoms with E-state index in [0.717, 1.165) is 21.9 Å². The molecular weight excluding hydrogens is 406 g/mol. The highest BCUT2D eigenvalue weighted by molar-refractivity contribution is 6.30. The van der Waals surface area contributed by atoms with Crippen LogP contribution in [-0.4, -0.2) is 16.7 Å². The van der Waals surface area contributed by atoms with Crippen LogP contribution in [0, 0.1) is 0 Å². The lowest BCUT2D eigenvalue weighted by molar-refractivity contribution is -0.124. The summed E-state index contributed by atoms with van der Waals surface area (Å²) in [6.45, 7) is 0.187. The van der Waals surface area contributed by atoms with Crippen molar-refractivity contribution in [1.82, 2.24) is 4.90 Å². The highest BCUT2D eigenvalue weighted by Gasteiger charge is 2.23. The molecule has 0 aliphatic rings. The molecule has 0 aromatic heterocycles. The number of hydrogen-bond acceptors (Lipinski definition) is 2. The second-order valence-corrected chi connectivity index (χ2v) is 7.56. The quantitative estimate of drug-likeness (QED) is 0.348. The summed E-state index contributed by atoms with van der Waals surface area (Å²) >= 11 is 5.93. The zero-order valence-electron chi connectivity index (χ0n) is 16.7. The van der Waals surface area contributed by atoms with E-state index in [9.17, 15) is 9.59 Å². The van der Waals surface area contributed by atoms with Gasteiger partial charge in [-0.1, -0.05) is 90.5 Å². The molecule has 4 aromatic rings. The van der Waals surface area contributed by atoms with Crippen LogP contribution in [0.3, 0.4) is 0 Å². The van der Waals surface area contributed by atoms with Crippen LogP contribution in [0.2, 0.25) is 5.02 Å². The standard InChI is InChI=1S/C27H20ClNO2/c28-23-16-13-20(14-17-23)15-18-26(30)29(19-21-7-2-1-3-8-21)27(31)25-12-6-10-22-9-4-5-11-24(22)25/h1-18H,19H2/b18-15+. The van der Waals surface area contributed by atoms with Crippen molar-refractivity contribution in [2.24, 2.45) is 0 Å². The molecule has 0 saturated heterocycles. The number of benzene rings is 4. The average Bonchev–Trinajstić information content (AvgIpc) is 2.82. The molecule has 0 radical (unpaired) electrons. The third kappa shape index (κ3) is 4.90. The first kappa shape index (κ1) is 20.6. The number of amides is 2. The van der Waals surface area contributed by atoms with E-state index in [0.29, 0.717) is 10.6 Å². The molecule has 152 valence electrons. The molecule has 4 aromatic carbocycles. The number of carbonyl (C=O) groups excluding carboxylic acids is 2. The lowest BCUT2D eigenvalue weighted by atomic mass is 10.0. The zero-order chi connectivity index (χ0) is 21.6. The van der Waals surface area contributed by atoms with E-state index in [4.69, 9.17) is 11.6 Å². The van der Waals surface area contributed by atoms with Crippen LogP contribution in [0.5, 0.6) is 0 Å². The summed E-state index contributed by atoms with van der Waals surface area (Å²) in [6.07, 6.45) is 3.11. The highest BCUT2D eigenvalue weighted by atomic mass is 35.5. The smallest absolute Gasteiger partial charge is 0.261 e. The summed E-state index contributed by atoms with van der Waals surface area (Å²) in [5, 5.41) is 2.40. The Hall–Kier alpha value is -3.69. The Morgan fingerprint density at radius 2 is 1.45 bits per heavy atom. The molecule has 0 spiro atoms. The SMILES string of the molecule is O=C(/C=C/c1ccc(Cl)cc1)N(Cc1ccccc1)C(=O)c1cccc2ccccc12. The van der Waals surface area contributed by atoms with Crippen molar-refractivity contribution >= 4 is 40.3 Å². The van der Waals surface area contributed by atoms with Crippen molar-refractivity contribution in [3.63, 3.8) is 0 Å². The predicted molar refractivity (Wildman–Crippen MR) is 126 cm³/mol. The molecule has 4 rings (SSSR count). The first-order chi connectivity index (χ1) is 15.1. The monoisotopic (exact) mass is 425 g/mol. The fourth-order valence-electron chi connectivity index (χ4n) is 3.40. The van der Waals surface area contributed by atoms with Crippen LogP contribution in [-0.2, 0) is 11.3 Å². The summed E-state index contributed by atoms with van der Waals surface area (Å²) < 4.78 is 0. The Balaban J connectivity index is 1.68. The second-order valence-electron chi connectivity index (χ2n) is 7.13. The van der Waals surface area contributed by atoms with Gasteiger partial charge in [0.2, 0.25) is 0 Å². The van der Waals surface area contributed by atoms with Gasteiger partial charge >= 0.3 is 0 Å². The summed E-state index contributed by atoms with van der Waals surface area (Å²) in [4.78, 5) is 27.9. The Morgan fingerprint density at radius 3 is 2.23 bits per heavy atom. The van der Waals surface area contributed by atoms with Crippen LogP contribution in [0.25, 0.3) is 16.8 Å². The van der Waals surface area contributed by atoms with Crippen LogP contribution in [0.1, 0.15) is 21.5 Å². The summed E-state index contributed by atoms with van der Waals surface area (Å²) in [7, 11) is 0.